The van der Waals surface area contributed by atoms with E-state index in [9.17, 15) is 0 Å². The van der Waals surface area contributed by atoms with E-state index in [2.05, 4.69) is 15.1 Å². The molecule has 0 saturated carbocycles. The third-order valence-electron chi connectivity index (χ3n) is 2.34. The Labute approximate surface area is 96.5 Å². The van der Waals surface area contributed by atoms with Crippen LogP contribution in [0, 0.1) is 0 Å². The quantitative estimate of drug-likeness (QED) is 0.645. The normalized spacial score (nSPS) is 10.8. The molecule has 5 heteroatoms. The number of fused-ring (bicyclic) bond motifs is 1. The fourth-order valence-corrected chi connectivity index (χ4v) is 1.80. The molecular weight excluding hydrogens is 224 g/mol. The van der Waals surface area contributed by atoms with Gasteiger partial charge in [0.2, 0.25) is 0 Å². The molecule has 0 atom stereocenters. The molecule has 0 bridgehead atoms. The van der Waals surface area contributed by atoms with Gasteiger partial charge in [0.15, 0.2) is 0 Å². The Balaban J connectivity index is 2.30. The lowest BCUT2D eigenvalue weighted by Crippen LogP contribution is -1.96. The summed E-state index contributed by atoms with van der Waals surface area (Å²) in [5.74, 6) is 0. The van der Waals surface area contributed by atoms with Crippen LogP contribution in [0.25, 0.3) is 16.6 Å². The second-order valence-corrected chi connectivity index (χ2v) is 3.73. The zero-order chi connectivity index (χ0) is 11.0. The van der Waals surface area contributed by atoms with E-state index in [1.165, 1.54) is 0 Å². The summed E-state index contributed by atoms with van der Waals surface area (Å²) in [6, 6.07) is 3.79. The minimum Gasteiger partial charge on any atom is -0.262 e. The summed E-state index contributed by atoms with van der Waals surface area (Å²) in [5.41, 5.74) is 1.77. The number of hydrogen-bond donors (Lipinski definition) is 0. The molecule has 0 saturated heterocycles. The third kappa shape index (κ3) is 1.35. The van der Waals surface area contributed by atoms with Crippen molar-refractivity contribution in [3.05, 3.63) is 48.1 Å². The van der Waals surface area contributed by atoms with Crippen LogP contribution in [0.4, 0.5) is 0 Å². The van der Waals surface area contributed by atoms with Gasteiger partial charge in [-0.15, -0.1) is 0 Å². The first kappa shape index (κ1) is 9.30. The predicted molar refractivity (Wildman–Crippen MR) is 61.7 cm³/mol. The molecule has 0 aliphatic rings. The number of pyridine rings is 2. The van der Waals surface area contributed by atoms with E-state index in [1.54, 1.807) is 35.7 Å². The van der Waals surface area contributed by atoms with Crippen molar-refractivity contribution in [2.24, 2.45) is 0 Å². The highest BCUT2D eigenvalue weighted by atomic mass is 35.5. The molecule has 0 aromatic carbocycles. The van der Waals surface area contributed by atoms with Crippen LogP contribution in [0.1, 0.15) is 0 Å². The molecule has 16 heavy (non-hydrogen) atoms. The number of halogens is 1. The number of nitrogens with zero attached hydrogens (tertiary/aromatic N) is 4. The lowest BCUT2D eigenvalue weighted by atomic mass is 10.3. The molecule has 0 amide bonds. The van der Waals surface area contributed by atoms with Gasteiger partial charge in [0, 0.05) is 17.8 Å². The minimum absolute atomic E-state index is 0.604. The number of rotatable bonds is 1. The van der Waals surface area contributed by atoms with Crippen molar-refractivity contribution in [1.29, 1.82) is 0 Å². The van der Waals surface area contributed by atoms with Crippen LogP contribution in [-0.4, -0.2) is 19.7 Å². The van der Waals surface area contributed by atoms with Crippen molar-refractivity contribution >= 4 is 22.5 Å². The van der Waals surface area contributed by atoms with E-state index in [0.29, 0.717) is 5.02 Å². The summed E-state index contributed by atoms with van der Waals surface area (Å²) < 4.78 is 1.77. The first-order valence-corrected chi connectivity index (χ1v) is 5.12. The summed E-state index contributed by atoms with van der Waals surface area (Å²) in [5, 5.41) is 5.77. The fourth-order valence-electron chi connectivity index (χ4n) is 1.59. The molecule has 3 aromatic heterocycles. The van der Waals surface area contributed by atoms with Crippen LogP contribution in [0.2, 0.25) is 5.02 Å². The van der Waals surface area contributed by atoms with Crippen molar-refractivity contribution < 1.29 is 0 Å². The van der Waals surface area contributed by atoms with E-state index < -0.39 is 0 Å². The highest BCUT2D eigenvalue weighted by Crippen LogP contribution is 2.23. The topological polar surface area (TPSA) is 43.6 Å². The van der Waals surface area contributed by atoms with Crippen LogP contribution in [-0.2, 0) is 0 Å². The monoisotopic (exact) mass is 230 g/mol. The van der Waals surface area contributed by atoms with Crippen molar-refractivity contribution in [2.75, 3.05) is 0 Å². The molecule has 4 nitrogen and oxygen atoms in total. The van der Waals surface area contributed by atoms with Crippen molar-refractivity contribution in [3.63, 3.8) is 0 Å². The van der Waals surface area contributed by atoms with Gasteiger partial charge in [-0.05, 0) is 12.1 Å². The largest absolute Gasteiger partial charge is 0.262 e. The molecule has 0 fully saturated rings. The Hall–Kier alpha value is -1.94. The summed E-state index contributed by atoms with van der Waals surface area (Å²) in [7, 11) is 0. The van der Waals surface area contributed by atoms with Gasteiger partial charge in [0.1, 0.15) is 0 Å². The van der Waals surface area contributed by atoms with E-state index in [-0.39, 0.29) is 0 Å². The van der Waals surface area contributed by atoms with Crippen molar-refractivity contribution in [3.8, 4) is 5.69 Å². The average molecular weight is 231 g/mol. The Morgan fingerprint density at radius 2 is 2.00 bits per heavy atom. The van der Waals surface area contributed by atoms with Gasteiger partial charge in [0.25, 0.3) is 0 Å². The summed E-state index contributed by atoms with van der Waals surface area (Å²) >= 11 is 6.03. The smallest absolute Gasteiger partial charge is 0.0939 e. The van der Waals surface area contributed by atoms with Gasteiger partial charge < -0.3 is 0 Å². The maximum absolute atomic E-state index is 6.03. The molecule has 78 valence electrons. The molecule has 0 N–H and O–H groups in total. The van der Waals surface area contributed by atoms with Gasteiger partial charge in [0.05, 0.1) is 34.8 Å². The lowest BCUT2D eigenvalue weighted by Gasteiger charge is -2.01. The molecule has 0 unspecified atom stereocenters. The maximum atomic E-state index is 6.03. The molecule has 3 rings (SSSR count). The van der Waals surface area contributed by atoms with Gasteiger partial charge in [-0.2, -0.15) is 5.10 Å². The van der Waals surface area contributed by atoms with Crippen LogP contribution < -0.4 is 0 Å². The Morgan fingerprint density at radius 3 is 2.81 bits per heavy atom. The Kier molecular flexibility index (Phi) is 2.08. The second kappa shape index (κ2) is 3.57. The maximum Gasteiger partial charge on any atom is 0.0939 e. The van der Waals surface area contributed by atoms with E-state index in [0.717, 1.165) is 16.6 Å². The predicted octanol–water partition coefficient (Wildman–Crippen LogP) is 2.47. The minimum atomic E-state index is 0.604. The highest BCUT2D eigenvalue weighted by Gasteiger charge is 2.07. The number of hydrogen-bond acceptors (Lipinski definition) is 3. The lowest BCUT2D eigenvalue weighted by molar-refractivity contribution is 0.901. The van der Waals surface area contributed by atoms with Crippen LogP contribution in [0.5, 0.6) is 0 Å². The highest BCUT2D eigenvalue weighted by molar-refractivity contribution is 6.35. The van der Waals surface area contributed by atoms with Crippen molar-refractivity contribution in [1.82, 2.24) is 19.7 Å². The summed E-state index contributed by atoms with van der Waals surface area (Å²) in [4.78, 5) is 8.11. The van der Waals surface area contributed by atoms with Gasteiger partial charge >= 0.3 is 0 Å². The Bertz CT molecular complexity index is 633. The molecule has 0 aliphatic carbocycles. The molecular formula is C11H7ClN4. The van der Waals surface area contributed by atoms with E-state index >= 15 is 0 Å². The first-order chi connectivity index (χ1) is 7.86. The molecule has 0 aliphatic heterocycles. The standard InChI is InChI=1S/C11H7ClN4/c12-10-6-14-7-11-9(10)5-15-16(11)8-2-1-3-13-4-8/h1-7H. The van der Waals surface area contributed by atoms with Crippen LogP contribution >= 0.6 is 11.6 Å². The number of aromatic nitrogens is 4. The molecule has 3 heterocycles. The van der Waals surface area contributed by atoms with Gasteiger partial charge in [-0.1, -0.05) is 11.6 Å². The molecule has 0 spiro atoms. The Morgan fingerprint density at radius 1 is 1.06 bits per heavy atom. The molecule has 0 radical (unpaired) electrons. The van der Waals surface area contributed by atoms with Crippen molar-refractivity contribution in [2.45, 2.75) is 0 Å². The van der Waals surface area contributed by atoms with Crippen LogP contribution in [0.3, 0.4) is 0 Å². The molecule has 3 aromatic rings. The zero-order valence-electron chi connectivity index (χ0n) is 8.21. The third-order valence-corrected chi connectivity index (χ3v) is 2.64. The van der Waals surface area contributed by atoms with Crippen LogP contribution in [0.15, 0.2) is 43.1 Å². The van der Waals surface area contributed by atoms with E-state index in [4.69, 9.17) is 11.6 Å². The van der Waals surface area contributed by atoms with Gasteiger partial charge in [-0.25, -0.2) is 4.68 Å². The summed E-state index contributed by atoms with van der Waals surface area (Å²) in [6.45, 7) is 0. The first-order valence-electron chi connectivity index (χ1n) is 4.74. The van der Waals surface area contributed by atoms with E-state index in [1.807, 2.05) is 12.1 Å². The zero-order valence-corrected chi connectivity index (χ0v) is 8.96. The second-order valence-electron chi connectivity index (χ2n) is 3.32. The average Bonchev–Trinajstić information content (AvgIpc) is 2.75. The van der Waals surface area contributed by atoms with Gasteiger partial charge in [-0.3, -0.25) is 9.97 Å². The SMILES string of the molecule is Clc1cncc2c1cnn2-c1cccnc1. The fraction of sp³-hybridized carbons (Fsp3) is 0. The summed E-state index contributed by atoms with van der Waals surface area (Å²) in [6.07, 6.45) is 8.54.